The summed E-state index contributed by atoms with van der Waals surface area (Å²) >= 11 is 0. The van der Waals surface area contributed by atoms with Crippen LogP contribution in [0.25, 0.3) is 5.65 Å². The van der Waals surface area contributed by atoms with Gasteiger partial charge in [0.2, 0.25) is 6.41 Å². The number of piperazine rings is 1. The van der Waals surface area contributed by atoms with Crippen molar-refractivity contribution in [2.45, 2.75) is 20.3 Å². The van der Waals surface area contributed by atoms with E-state index in [9.17, 15) is 9.59 Å². The number of rotatable bonds is 3. The minimum absolute atomic E-state index is 0.000462. The second kappa shape index (κ2) is 5.79. The van der Waals surface area contributed by atoms with E-state index in [0.717, 1.165) is 29.7 Å². The number of imidazole rings is 1. The number of amides is 2. The molecular weight excluding hydrogens is 280 g/mol. The topological polar surface area (TPSA) is 57.9 Å². The summed E-state index contributed by atoms with van der Waals surface area (Å²) in [6.45, 7) is 6.33. The van der Waals surface area contributed by atoms with Gasteiger partial charge in [0.25, 0.3) is 5.91 Å². The highest BCUT2D eigenvalue weighted by Gasteiger charge is 2.26. The van der Waals surface area contributed by atoms with Crippen molar-refractivity contribution >= 4 is 18.0 Å². The van der Waals surface area contributed by atoms with E-state index in [1.54, 1.807) is 4.90 Å². The Morgan fingerprint density at radius 3 is 2.68 bits per heavy atom. The number of pyridine rings is 1. The molecule has 22 heavy (non-hydrogen) atoms. The van der Waals surface area contributed by atoms with Gasteiger partial charge < -0.3 is 9.80 Å². The quantitative estimate of drug-likeness (QED) is 0.798. The van der Waals surface area contributed by atoms with Crippen LogP contribution in [0.15, 0.2) is 18.3 Å². The van der Waals surface area contributed by atoms with Crippen LogP contribution < -0.4 is 0 Å². The molecular formula is C16H20N4O2. The van der Waals surface area contributed by atoms with E-state index >= 15 is 0 Å². The summed E-state index contributed by atoms with van der Waals surface area (Å²) in [5, 5.41) is 0. The maximum atomic E-state index is 12.9. The zero-order valence-corrected chi connectivity index (χ0v) is 13.0. The molecule has 6 heteroatoms. The molecule has 2 aromatic heterocycles. The molecule has 116 valence electrons. The van der Waals surface area contributed by atoms with Gasteiger partial charge in [-0.05, 0) is 25.0 Å². The molecule has 0 unspecified atom stereocenters. The first-order chi connectivity index (χ1) is 10.7. The lowest BCUT2D eigenvalue weighted by atomic mass is 10.2. The van der Waals surface area contributed by atoms with Gasteiger partial charge in [0.15, 0.2) is 0 Å². The maximum absolute atomic E-state index is 12.9. The first-order valence-electron chi connectivity index (χ1n) is 7.61. The number of fused-ring (bicyclic) bond motifs is 1. The fourth-order valence-electron chi connectivity index (χ4n) is 2.90. The highest BCUT2D eigenvalue weighted by Crippen LogP contribution is 2.19. The average molecular weight is 300 g/mol. The van der Waals surface area contributed by atoms with Crippen LogP contribution in [-0.4, -0.2) is 57.7 Å². The normalized spacial score (nSPS) is 15.4. The SMILES string of the molecule is CCc1nc2c(C)cccn2c1C(=O)N1CCN(C=O)CC1. The first kappa shape index (κ1) is 14.6. The Labute approximate surface area is 129 Å². The fraction of sp³-hybridized carbons (Fsp3) is 0.438. The minimum Gasteiger partial charge on any atom is -0.342 e. The molecule has 3 rings (SSSR count). The number of carbonyl (C=O) groups is 2. The molecule has 0 bridgehead atoms. The zero-order chi connectivity index (χ0) is 15.7. The highest BCUT2D eigenvalue weighted by molar-refractivity contribution is 5.95. The second-order valence-corrected chi connectivity index (χ2v) is 5.58. The van der Waals surface area contributed by atoms with Crippen LogP contribution in [0.4, 0.5) is 0 Å². The molecule has 0 aromatic carbocycles. The predicted molar refractivity (Wildman–Crippen MR) is 82.8 cm³/mol. The smallest absolute Gasteiger partial charge is 0.272 e. The van der Waals surface area contributed by atoms with E-state index < -0.39 is 0 Å². The lowest BCUT2D eigenvalue weighted by molar-refractivity contribution is -0.119. The Morgan fingerprint density at radius 1 is 1.32 bits per heavy atom. The number of aromatic nitrogens is 2. The Morgan fingerprint density at radius 2 is 2.05 bits per heavy atom. The van der Waals surface area contributed by atoms with Gasteiger partial charge in [-0.2, -0.15) is 0 Å². The third-order valence-corrected chi connectivity index (χ3v) is 4.21. The maximum Gasteiger partial charge on any atom is 0.272 e. The van der Waals surface area contributed by atoms with Crippen molar-refractivity contribution in [2.75, 3.05) is 26.2 Å². The zero-order valence-electron chi connectivity index (χ0n) is 13.0. The van der Waals surface area contributed by atoms with Crippen molar-refractivity contribution in [1.29, 1.82) is 0 Å². The molecule has 0 radical (unpaired) electrons. The summed E-state index contributed by atoms with van der Waals surface area (Å²) < 4.78 is 1.89. The number of carbonyl (C=O) groups excluding carboxylic acids is 2. The summed E-state index contributed by atoms with van der Waals surface area (Å²) in [5.74, 6) is 0.000462. The minimum atomic E-state index is 0.000462. The van der Waals surface area contributed by atoms with E-state index in [1.165, 1.54) is 0 Å². The molecule has 0 aliphatic carbocycles. The molecule has 3 heterocycles. The Hall–Kier alpha value is -2.37. The van der Waals surface area contributed by atoms with Crippen LogP contribution in [0.5, 0.6) is 0 Å². The van der Waals surface area contributed by atoms with Gasteiger partial charge in [0.1, 0.15) is 11.3 Å². The Bertz CT molecular complexity index is 714. The van der Waals surface area contributed by atoms with E-state index in [-0.39, 0.29) is 5.91 Å². The molecule has 1 aliphatic heterocycles. The molecule has 0 N–H and O–H groups in total. The van der Waals surface area contributed by atoms with Crippen molar-refractivity contribution < 1.29 is 9.59 Å². The van der Waals surface area contributed by atoms with Gasteiger partial charge in [0, 0.05) is 32.4 Å². The van der Waals surface area contributed by atoms with Crippen LogP contribution >= 0.6 is 0 Å². The Balaban J connectivity index is 1.97. The molecule has 0 saturated carbocycles. The largest absolute Gasteiger partial charge is 0.342 e. The average Bonchev–Trinajstić information content (AvgIpc) is 2.94. The van der Waals surface area contributed by atoms with E-state index in [4.69, 9.17) is 0 Å². The summed E-state index contributed by atoms with van der Waals surface area (Å²) in [6.07, 6.45) is 3.46. The van der Waals surface area contributed by atoms with Crippen molar-refractivity contribution in [3.05, 3.63) is 35.3 Å². The highest BCUT2D eigenvalue weighted by atomic mass is 16.2. The van der Waals surface area contributed by atoms with Gasteiger partial charge in [0.05, 0.1) is 5.69 Å². The second-order valence-electron chi connectivity index (χ2n) is 5.58. The molecule has 2 amide bonds. The van der Waals surface area contributed by atoms with Gasteiger partial charge in [-0.3, -0.25) is 14.0 Å². The van der Waals surface area contributed by atoms with Gasteiger partial charge >= 0.3 is 0 Å². The summed E-state index contributed by atoms with van der Waals surface area (Å²) in [6, 6.07) is 3.93. The monoisotopic (exact) mass is 300 g/mol. The number of hydrogen-bond donors (Lipinski definition) is 0. The number of aryl methyl sites for hydroxylation is 2. The van der Waals surface area contributed by atoms with Crippen LogP contribution in [0.1, 0.15) is 28.7 Å². The first-order valence-corrected chi connectivity index (χ1v) is 7.61. The molecule has 2 aromatic rings. The molecule has 0 spiro atoms. The molecule has 1 saturated heterocycles. The number of hydrogen-bond acceptors (Lipinski definition) is 3. The van der Waals surface area contributed by atoms with Gasteiger partial charge in [-0.25, -0.2) is 4.98 Å². The molecule has 1 fully saturated rings. The third-order valence-electron chi connectivity index (χ3n) is 4.21. The molecule has 6 nitrogen and oxygen atoms in total. The van der Waals surface area contributed by atoms with Crippen LogP contribution in [0, 0.1) is 6.92 Å². The lowest BCUT2D eigenvalue weighted by Gasteiger charge is -2.32. The van der Waals surface area contributed by atoms with Crippen LogP contribution in [0.2, 0.25) is 0 Å². The predicted octanol–water partition coefficient (Wildman–Crippen LogP) is 1.12. The van der Waals surface area contributed by atoms with E-state index in [2.05, 4.69) is 4.98 Å². The summed E-state index contributed by atoms with van der Waals surface area (Å²) in [5.41, 5.74) is 3.38. The standard InChI is InChI=1S/C16H20N4O2/c1-3-13-14(20-6-4-5-12(2)15(20)17-13)16(22)19-9-7-18(11-21)8-10-19/h4-6,11H,3,7-10H2,1-2H3. The van der Waals surface area contributed by atoms with Crippen LogP contribution in [-0.2, 0) is 11.2 Å². The van der Waals surface area contributed by atoms with Gasteiger partial charge in [-0.1, -0.05) is 13.0 Å². The summed E-state index contributed by atoms with van der Waals surface area (Å²) in [7, 11) is 0. The number of nitrogens with zero attached hydrogens (tertiary/aromatic N) is 4. The molecule has 0 atom stereocenters. The Kier molecular flexibility index (Phi) is 3.83. The van der Waals surface area contributed by atoms with Crippen LogP contribution in [0.3, 0.4) is 0 Å². The van der Waals surface area contributed by atoms with E-state index in [0.29, 0.717) is 31.9 Å². The molecule has 1 aliphatic rings. The summed E-state index contributed by atoms with van der Waals surface area (Å²) in [4.78, 5) is 31.8. The van der Waals surface area contributed by atoms with Gasteiger partial charge in [-0.15, -0.1) is 0 Å². The van der Waals surface area contributed by atoms with E-state index in [1.807, 2.05) is 41.5 Å². The van der Waals surface area contributed by atoms with Crippen molar-refractivity contribution in [3.8, 4) is 0 Å². The lowest BCUT2D eigenvalue weighted by Crippen LogP contribution is -2.48. The third kappa shape index (κ3) is 2.34. The van der Waals surface area contributed by atoms with Crippen molar-refractivity contribution in [2.24, 2.45) is 0 Å². The van der Waals surface area contributed by atoms with Crippen molar-refractivity contribution in [3.63, 3.8) is 0 Å². The van der Waals surface area contributed by atoms with Crippen molar-refractivity contribution in [1.82, 2.24) is 19.2 Å². The fourth-order valence-corrected chi connectivity index (χ4v) is 2.90.